The fourth-order valence-electron chi connectivity index (χ4n) is 3.04. The minimum atomic E-state index is 0.625. The molecule has 0 spiro atoms. The molecule has 0 aliphatic carbocycles. The van der Waals surface area contributed by atoms with Crippen LogP contribution in [-0.2, 0) is 6.54 Å². The normalized spacial score (nSPS) is 19.5. The molecule has 0 aromatic heterocycles. The molecule has 1 heterocycles. The number of hydrogen-bond acceptors (Lipinski definition) is 4. The van der Waals surface area contributed by atoms with Crippen molar-refractivity contribution in [2.45, 2.75) is 19.4 Å². The van der Waals surface area contributed by atoms with Gasteiger partial charge in [-0.3, -0.25) is 4.90 Å². The van der Waals surface area contributed by atoms with Crippen LogP contribution in [0.15, 0.2) is 12.1 Å². The predicted molar refractivity (Wildman–Crippen MR) is 86.5 cm³/mol. The van der Waals surface area contributed by atoms with Gasteiger partial charge in [0.25, 0.3) is 0 Å². The molecule has 0 bridgehead atoms. The predicted octanol–water partition coefficient (Wildman–Crippen LogP) is 2.79. The van der Waals surface area contributed by atoms with Crippen LogP contribution in [0.4, 0.5) is 0 Å². The Balaban J connectivity index is 2.09. The second-order valence-electron chi connectivity index (χ2n) is 5.58. The smallest absolute Gasteiger partial charge is 0.179 e. The summed E-state index contributed by atoms with van der Waals surface area (Å²) in [5.41, 5.74) is 1.10. The lowest BCUT2D eigenvalue weighted by molar-refractivity contribution is 0.166. The zero-order chi connectivity index (χ0) is 15.2. The number of piperidine rings is 1. The summed E-state index contributed by atoms with van der Waals surface area (Å²) in [6.07, 6.45) is 2.55. The van der Waals surface area contributed by atoms with Gasteiger partial charge in [-0.15, -0.1) is 0 Å². The van der Waals surface area contributed by atoms with Gasteiger partial charge in [-0.05, 0) is 50.5 Å². The highest BCUT2D eigenvalue weighted by atomic mass is 35.5. The monoisotopic (exact) mass is 312 g/mol. The van der Waals surface area contributed by atoms with Crippen LogP contribution < -0.4 is 14.8 Å². The van der Waals surface area contributed by atoms with Gasteiger partial charge in [0, 0.05) is 13.1 Å². The highest BCUT2D eigenvalue weighted by Gasteiger charge is 2.21. The van der Waals surface area contributed by atoms with E-state index in [1.807, 2.05) is 19.2 Å². The van der Waals surface area contributed by atoms with Gasteiger partial charge in [-0.25, -0.2) is 0 Å². The van der Waals surface area contributed by atoms with Crippen LogP contribution in [0.25, 0.3) is 0 Å². The van der Waals surface area contributed by atoms with E-state index in [0.717, 1.165) is 37.7 Å². The van der Waals surface area contributed by atoms with E-state index in [1.54, 1.807) is 14.2 Å². The molecule has 118 valence electrons. The summed E-state index contributed by atoms with van der Waals surface area (Å²) in [7, 11) is 5.27. The molecule has 1 fully saturated rings. The first-order chi connectivity index (χ1) is 10.2. The van der Waals surface area contributed by atoms with Gasteiger partial charge in [0.05, 0.1) is 19.2 Å². The van der Waals surface area contributed by atoms with Gasteiger partial charge >= 0.3 is 0 Å². The number of ether oxygens (including phenoxy) is 2. The molecule has 1 N–H and O–H groups in total. The molecule has 1 aliphatic rings. The molecule has 0 amide bonds. The zero-order valence-electron chi connectivity index (χ0n) is 13.1. The third-order valence-electron chi connectivity index (χ3n) is 4.05. The summed E-state index contributed by atoms with van der Waals surface area (Å²) in [4.78, 5) is 2.47. The van der Waals surface area contributed by atoms with Crippen molar-refractivity contribution in [3.63, 3.8) is 0 Å². The molecule has 1 unspecified atom stereocenters. The van der Waals surface area contributed by atoms with E-state index in [2.05, 4.69) is 10.2 Å². The Morgan fingerprint density at radius 2 is 2.14 bits per heavy atom. The lowest BCUT2D eigenvalue weighted by Crippen LogP contribution is -2.38. The molecule has 1 saturated heterocycles. The summed E-state index contributed by atoms with van der Waals surface area (Å²) in [5.74, 6) is 2.03. The van der Waals surface area contributed by atoms with Gasteiger partial charge in [0.1, 0.15) is 0 Å². The van der Waals surface area contributed by atoms with Crippen LogP contribution in [0, 0.1) is 5.92 Å². The van der Waals surface area contributed by atoms with Crippen LogP contribution in [0.1, 0.15) is 18.4 Å². The minimum Gasteiger partial charge on any atom is -0.493 e. The maximum atomic E-state index is 6.47. The molecule has 1 atom stereocenters. The molecular weight excluding hydrogens is 288 g/mol. The van der Waals surface area contributed by atoms with Crippen LogP contribution in [-0.4, -0.2) is 45.8 Å². The number of nitrogens with one attached hydrogen (secondary N) is 1. The Morgan fingerprint density at radius 1 is 1.33 bits per heavy atom. The van der Waals surface area contributed by atoms with Gasteiger partial charge in [-0.1, -0.05) is 17.7 Å². The highest BCUT2D eigenvalue weighted by molar-refractivity contribution is 6.33. The second-order valence-corrected chi connectivity index (χ2v) is 5.95. The standard InChI is InChI=1S/C16H25ClN2O2/c1-18-9-12-5-4-8-19(10-12)11-13-6-7-14(20-2)16(21-3)15(13)17/h6-7,12,18H,4-5,8-11H2,1-3H3. The fourth-order valence-corrected chi connectivity index (χ4v) is 3.34. The molecule has 1 aromatic rings. The van der Waals surface area contributed by atoms with Crippen molar-refractivity contribution < 1.29 is 9.47 Å². The number of rotatable bonds is 6. The number of methoxy groups -OCH3 is 2. The van der Waals surface area contributed by atoms with Crippen molar-refractivity contribution in [3.8, 4) is 11.5 Å². The lowest BCUT2D eigenvalue weighted by atomic mass is 9.97. The molecule has 4 nitrogen and oxygen atoms in total. The van der Waals surface area contributed by atoms with Crippen molar-refractivity contribution in [1.29, 1.82) is 0 Å². The van der Waals surface area contributed by atoms with Crippen LogP contribution in [0.5, 0.6) is 11.5 Å². The third-order valence-corrected chi connectivity index (χ3v) is 4.47. The van der Waals surface area contributed by atoms with E-state index < -0.39 is 0 Å². The number of nitrogens with zero attached hydrogens (tertiary/aromatic N) is 1. The van der Waals surface area contributed by atoms with Crippen molar-refractivity contribution in [2.24, 2.45) is 5.92 Å². The SMILES string of the molecule is CNCC1CCCN(Cc2ccc(OC)c(OC)c2Cl)C1. The van der Waals surface area contributed by atoms with Gasteiger partial charge in [-0.2, -0.15) is 0 Å². The highest BCUT2D eigenvalue weighted by Crippen LogP contribution is 2.38. The summed E-state index contributed by atoms with van der Waals surface area (Å²) in [6, 6.07) is 3.96. The molecule has 1 aliphatic heterocycles. The first kappa shape index (κ1) is 16.4. The van der Waals surface area contributed by atoms with E-state index in [9.17, 15) is 0 Å². The summed E-state index contributed by atoms with van der Waals surface area (Å²) in [5, 5.41) is 3.94. The molecule has 21 heavy (non-hydrogen) atoms. The van der Waals surface area contributed by atoms with Gasteiger partial charge in [0.2, 0.25) is 0 Å². The first-order valence-electron chi connectivity index (χ1n) is 7.45. The number of likely N-dealkylation sites (tertiary alicyclic amines) is 1. The van der Waals surface area contributed by atoms with Gasteiger partial charge < -0.3 is 14.8 Å². The van der Waals surface area contributed by atoms with E-state index in [0.29, 0.717) is 16.5 Å². The average molecular weight is 313 g/mol. The van der Waals surface area contributed by atoms with Crippen molar-refractivity contribution in [2.75, 3.05) is 40.9 Å². The molecule has 0 radical (unpaired) electrons. The van der Waals surface area contributed by atoms with Crippen LogP contribution >= 0.6 is 11.6 Å². The lowest BCUT2D eigenvalue weighted by Gasteiger charge is -2.33. The summed E-state index contributed by atoms with van der Waals surface area (Å²) < 4.78 is 10.7. The van der Waals surface area contributed by atoms with E-state index in [-0.39, 0.29) is 0 Å². The van der Waals surface area contributed by atoms with Crippen LogP contribution in [0.2, 0.25) is 5.02 Å². The molecule has 5 heteroatoms. The number of halogens is 1. The van der Waals surface area contributed by atoms with E-state index >= 15 is 0 Å². The Kier molecular flexibility index (Phi) is 6.15. The first-order valence-corrected chi connectivity index (χ1v) is 7.83. The van der Waals surface area contributed by atoms with E-state index in [1.165, 1.54) is 12.8 Å². The fraction of sp³-hybridized carbons (Fsp3) is 0.625. The number of hydrogen-bond donors (Lipinski definition) is 1. The van der Waals surface area contributed by atoms with Crippen molar-refractivity contribution in [3.05, 3.63) is 22.7 Å². The average Bonchev–Trinajstić information content (AvgIpc) is 2.50. The zero-order valence-corrected chi connectivity index (χ0v) is 13.9. The minimum absolute atomic E-state index is 0.625. The largest absolute Gasteiger partial charge is 0.493 e. The Bertz CT molecular complexity index is 466. The molecule has 1 aromatic carbocycles. The topological polar surface area (TPSA) is 33.7 Å². The maximum Gasteiger partial charge on any atom is 0.179 e. The third kappa shape index (κ3) is 4.02. The van der Waals surface area contributed by atoms with Gasteiger partial charge in [0.15, 0.2) is 11.5 Å². The Morgan fingerprint density at radius 3 is 2.81 bits per heavy atom. The molecular formula is C16H25ClN2O2. The quantitative estimate of drug-likeness (QED) is 0.876. The molecule has 0 saturated carbocycles. The summed E-state index contributed by atoms with van der Waals surface area (Å²) in [6.45, 7) is 4.19. The van der Waals surface area contributed by atoms with Crippen molar-refractivity contribution in [1.82, 2.24) is 10.2 Å². The second kappa shape index (κ2) is 7.87. The van der Waals surface area contributed by atoms with Crippen LogP contribution in [0.3, 0.4) is 0 Å². The maximum absolute atomic E-state index is 6.47. The number of benzene rings is 1. The van der Waals surface area contributed by atoms with E-state index in [4.69, 9.17) is 21.1 Å². The molecule has 2 rings (SSSR count). The summed E-state index contributed by atoms with van der Waals surface area (Å²) >= 11 is 6.47. The van der Waals surface area contributed by atoms with Crippen molar-refractivity contribution >= 4 is 11.6 Å². The Hall–Kier alpha value is -0.970. The Labute approximate surface area is 132 Å².